The minimum Gasteiger partial charge on any atom is -0.370 e. The Bertz CT molecular complexity index is 705. The topological polar surface area (TPSA) is 63.6 Å². The second kappa shape index (κ2) is 4.89. The molecule has 0 amide bonds. The van der Waals surface area contributed by atoms with Crippen molar-refractivity contribution in [2.75, 3.05) is 11.9 Å². The van der Waals surface area contributed by atoms with Gasteiger partial charge in [0, 0.05) is 18.9 Å². The lowest BCUT2D eigenvalue weighted by molar-refractivity contribution is 1.07. The maximum Gasteiger partial charge on any atom is 0.201 e. The van der Waals surface area contributed by atoms with Crippen molar-refractivity contribution in [1.82, 2.24) is 19.9 Å². The molecule has 3 heterocycles. The Kier molecular flexibility index (Phi) is 3.08. The summed E-state index contributed by atoms with van der Waals surface area (Å²) < 4.78 is 0. The van der Waals surface area contributed by atoms with Crippen LogP contribution in [0.4, 0.5) is 5.82 Å². The molecule has 5 nitrogen and oxygen atoms in total. The van der Waals surface area contributed by atoms with Gasteiger partial charge in [-0.05, 0) is 30.9 Å². The van der Waals surface area contributed by atoms with Crippen molar-refractivity contribution in [3.63, 3.8) is 0 Å². The molecule has 0 atom stereocenters. The molecule has 96 valence electrons. The third-order valence-electron chi connectivity index (χ3n) is 2.65. The molecule has 0 aliphatic carbocycles. The Hall–Kier alpha value is -2.08. The van der Waals surface area contributed by atoms with Gasteiger partial charge in [0.05, 0.1) is 5.39 Å². The van der Waals surface area contributed by atoms with Gasteiger partial charge in [-0.3, -0.25) is 0 Å². The second-order valence-corrected chi connectivity index (χ2v) is 5.04. The number of anilines is 1. The average Bonchev–Trinajstić information content (AvgIpc) is 2.88. The van der Waals surface area contributed by atoms with Crippen molar-refractivity contribution in [3.05, 3.63) is 29.4 Å². The first-order chi connectivity index (χ1) is 9.28. The molecule has 0 unspecified atom stereocenters. The Morgan fingerprint density at radius 3 is 2.68 bits per heavy atom. The highest BCUT2D eigenvalue weighted by atomic mass is 32.1. The summed E-state index contributed by atoms with van der Waals surface area (Å²) in [7, 11) is 0. The normalized spacial score (nSPS) is 10.8. The van der Waals surface area contributed by atoms with E-state index in [4.69, 9.17) is 0 Å². The number of hydrogen-bond acceptors (Lipinski definition) is 6. The number of fused-ring (bicyclic) bond motifs is 1. The van der Waals surface area contributed by atoms with Crippen LogP contribution in [0.1, 0.15) is 12.5 Å². The molecule has 3 aromatic rings. The van der Waals surface area contributed by atoms with E-state index in [9.17, 15) is 0 Å². The van der Waals surface area contributed by atoms with E-state index in [0.717, 1.165) is 28.1 Å². The third kappa shape index (κ3) is 2.26. The average molecular weight is 271 g/mol. The van der Waals surface area contributed by atoms with Crippen LogP contribution >= 0.6 is 11.3 Å². The summed E-state index contributed by atoms with van der Waals surface area (Å²) in [4.78, 5) is 18.6. The van der Waals surface area contributed by atoms with Gasteiger partial charge in [0.2, 0.25) is 5.82 Å². The lowest BCUT2D eigenvalue weighted by Gasteiger charge is -2.06. The molecule has 0 radical (unpaired) electrons. The molecule has 0 saturated heterocycles. The first kappa shape index (κ1) is 12.0. The van der Waals surface area contributed by atoms with Crippen LogP contribution in [0.2, 0.25) is 0 Å². The fraction of sp³-hybridized carbons (Fsp3) is 0.231. The molecule has 6 heteroatoms. The van der Waals surface area contributed by atoms with E-state index in [1.54, 1.807) is 23.7 Å². The summed E-state index contributed by atoms with van der Waals surface area (Å²) in [6, 6.07) is 2.03. The van der Waals surface area contributed by atoms with Gasteiger partial charge in [-0.1, -0.05) is 0 Å². The molecule has 1 N–H and O–H groups in total. The zero-order chi connectivity index (χ0) is 13.2. The van der Waals surface area contributed by atoms with Crippen LogP contribution in [0.5, 0.6) is 0 Å². The first-order valence-corrected chi connectivity index (χ1v) is 6.94. The number of aromatic nitrogens is 4. The second-order valence-electron chi connectivity index (χ2n) is 4.15. The van der Waals surface area contributed by atoms with Crippen LogP contribution in [-0.2, 0) is 0 Å². The Morgan fingerprint density at radius 2 is 1.95 bits per heavy atom. The molecule has 0 aliphatic rings. The molecular formula is C13H13N5S. The predicted octanol–water partition coefficient (Wildman–Crippen LogP) is 2.89. The van der Waals surface area contributed by atoms with Gasteiger partial charge in [-0.2, -0.15) is 0 Å². The Labute approximate surface area is 114 Å². The van der Waals surface area contributed by atoms with Crippen LogP contribution < -0.4 is 5.32 Å². The minimum atomic E-state index is 0.556. The van der Waals surface area contributed by atoms with E-state index in [-0.39, 0.29) is 0 Å². The highest BCUT2D eigenvalue weighted by Crippen LogP contribution is 2.27. The van der Waals surface area contributed by atoms with Gasteiger partial charge in [-0.25, -0.2) is 19.9 Å². The van der Waals surface area contributed by atoms with E-state index in [1.807, 2.05) is 25.3 Å². The molecular weight excluding hydrogens is 258 g/mol. The predicted molar refractivity (Wildman–Crippen MR) is 77.3 cm³/mol. The van der Waals surface area contributed by atoms with Crippen LogP contribution in [0.25, 0.3) is 21.9 Å². The van der Waals surface area contributed by atoms with Crippen LogP contribution in [0, 0.1) is 6.92 Å². The van der Waals surface area contributed by atoms with E-state index in [2.05, 4.69) is 25.3 Å². The first-order valence-electron chi connectivity index (χ1n) is 6.06. The highest BCUT2D eigenvalue weighted by Gasteiger charge is 2.11. The molecule has 0 aliphatic heterocycles. The van der Waals surface area contributed by atoms with Crippen molar-refractivity contribution in [2.45, 2.75) is 13.8 Å². The molecule has 0 spiro atoms. The fourth-order valence-electron chi connectivity index (χ4n) is 1.77. The number of nitrogens with one attached hydrogen (secondary N) is 1. The zero-order valence-electron chi connectivity index (χ0n) is 10.7. The van der Waals surface area contributed by atoms with Gasteiger partial charge in [0.1, 0.15) is 10.6 Å². The van der Waals surface area contributed by atoms with Crippen molar-refractivity contribution in [3.8, 4) is 11.6 Å². The molecule has 19 heavy (non-hydrogen) atoms. The van der Waals surface area contributed by atoms with Crippen LogP contribution in [0.15, 0.2) is 23.8 Å². The number of hydrogen-bond donors (Lipinski definition) is 1. The Morgan fingerprint density at radius 1 is 1.16 bits per heavy atom. The van der Waals surface area contributed by atoms with E-state index in [1.165, 1.54) is 0 Å². The lowest BCUT2D eigenvalue weighted by atomic mass is 10.3. The van der Waals surface area contributed by atoms with Crippen molar-refractivity contribution >= 4 is 27.4 Å². The quantitative estimate of drug-likeness (QED) is 0.793. The monoisotopic (exact) mass is 271 g/mol. The number of rotatable bonds is 3. The molecule has 0 aromatic carbocycles. The summed E-state index contributed by atoms with van der Waals surface area (Å²) in [5, 5.41) is 6.32. The summed E-state index contributed by atoms with van der Waals surface area (Å²) >= 11 is 1.59. The van der Waals surface area contributed by atoms with E-state index < -0.39 is 0 Å². The third-order valence-corrected chi connectivity index (χ3v) is 3.46. The summed E-state index contributed by atoms with van der Waals surface area (Å²) in [5.74, 6) is 1.96. The van der Waals surface area contributed by atoms with Crippen molar-refractivity contribution in [2.24, 2.45) is 0 Å². The van der Waals surface area contributed by atoms with Crippen molar-refractivity contribution in [1.29, 1.82) is 0 Å². The van der Waals surface area contributed by atoms with Gasteiger partial charge in [0.25, 0.3) is 0 Å². The molecule has 3 rings (SSSR count). The Balaban J connectivity index is 2.15. The SMILES string of the molecule is CCNc1nc(-c2ncc(C)cn2)nc2sccc12. The number of aryl methyl sites for hydroxylation is 1. The summed E-state index contributed by atoms with van der Waals surface area (Å²) in [5.41, 5.74) is 1.02. The van der Waals surface area contributed by atoms with E-state index >= 15 is 0 Å². The van der Waals surface area contributed by atoms with Gasteiger partial charge in [0.15, 0.2) is 5.82 Å². The number of thiophene rings is 1. The van der Waals surface area contributed by atoms with Crippen LogP contribution in [-0.4, -0.2) is 26.5 Å². The smallest absolute Gasteiger partial charge is 0.201 e. The zero-order valence-corrected chi connectivity index (χ0v) is 11.5. The number of nitrogens with zero attached hydrogens (tertiary/aromatic N) is 4. The van der Waals surface area contributed by atoms with Gasteiger partial charge in [-0.15, -0.1) is 11.3 Å². The van der Waals surface area contributed by atoms with E-state index in [0.29, 0.717) is 11.6 Å². The maximum atomic E-state index is 4.52. The minimum absolute atomic E-state index is 0.556. The highest BCUT2D eigenvalue weighted by molar-refractivity contribution is 7.16. The van der Waals surface area contributed by atoms with Gasteiger partial charge < -0.3 is 5.32 Å². The summed E-state index contributed by atoms with van der Waals surface area (Å²) in [6.07, 6.45) is 3.55. The van der Waals surface area contributed by atoms with Gasteiger partial charge >= 0.3 is 0 Å². The lowest BCUT2D eigenvalue weighted by Crippen LogP contribution is -2.03. The van der Waals surface area contributed by atoms with Crippen molar-refractivity contribution < 1.29 is 0 Å². The van der Waals surface area contributed by atoms with Crippen LogP contribution in [0.3, 0.4) is 0 Å². The fourth-order valence-corrected chi connectivity index (χ4v) is 2.53. The molecule has 0 saturated carbocycles. The molecule has 3 aromatic heterocycles. The molecule has 0 bridgehead atoms. The largest absolute Gasteiger partial charge is 0.370 e. The summed E-state index contributed by atoms with van der Waals surface area (Å²) in [6.45, 7) is 4.82. The standard InChI is InChI=1S/C13H13N5S/c1-3-14-10-9-4-5-19-13(9)18-12(17-10)11-15-6-8(2)7-16-11/h4-7H,3H2,1-2H3,(H,14,17,18). The maximum absolute atomic E-state index is 4.52. The molecule has 0 fully saturated rings.